The lowest BCUT2D eigenvalue weighted by Crippen LogP contribution is -2.51. The lowest BCUT2D eigenvalue weighted by Gasteiger charge is -2.58. The first-order valence-electron chi connectivity index (χ1n) is 25.4. The van der Waals surface area contributed by atoms with Crippen LogP contribution in [0.15, 0.2) is 60.2 Å². The van der Waals surface area contributed by atoms with Crippen LogP contribution in [0.2, 0.25) is 0 Å². The second-order valence-corrected chi connectivity index (χ2v) is 21.4. The Labute approximate surface area is 400 Å². The number of ether oxygens (including phenoxy) is 3. The number of nitrogens with one attached hydrogen (secondary N) is 4. The number of hydrogen-bond acceptors (Lipinski definition) is 8. The summed E-state index contributed by atoms with van der Waals surface area (Å²) in [6, 6.07) is 11.9. The van der Waals surface area contributed by atoms with Crippen LogP contribution in [0.4, 0.5) is 10.5 Å². The first-order chi connectivity index (χ1) is 31.9. The number of anilines is 1. The molecule has 4 amide bonds. The van der Waals surface area contributed by atoms with E-state index >= 15 is 0 Å². The molecular weight excluding hydrogens is 845 g/mol. The lowest BCUT2D eigenvalue weighted by molar-refractivity contribution is -0.131. The van der Waals surface area contributed by atoms with E-state index in [1.807, 2.05) is 19.1 Å². The third-order valence-corrected chi connectivity index (χ3v) is 16.2. The zero-order chi connectivity index (χ0) is 48.3. The average Bonchev–Trinajstić information content (AvgIpc) is 3.66. The molecule has 0 saturated heterocycles. The van der Waals surface area contributed by atoms with Gasteiger partial charge in [-0.05, 0) is 155 Å². The SMILES string of the molecule is Cc1ccc(OC(=O)OCc2ccc(NC(=O)[C@H](C)NC(=O)[C@H](C)NC(=O)CCC(=O)NCCCO[C@H]3CC[C@@]4(C)C(=CCC5[C@@H]6CC[C@H]([C@H](C)CCCC(C)C)[C@@]6(C)CC[C@@H]54)C3)cc2)cc1. The average molecular weight is 925 g/mol. The molecule has 3 saturated carbocycles. The Balaban J connectivity index is 0.817. The fourth-order valence-electron chi connectivity index (χ4n) is 12.3. The number of hydrogen-bond donors (Lipinski definition) is 4. The number of fused-ring (bicyclic) bond motifs is 5. The highest BCUT2D eigenvalue weighted by atomic mass is 16.7. The minimum Gasteiger partial charge on any atom is -0.429 e. The van der Waals surface area contributed by atoms with Gasteiger partial charge in [0.05, 0.1) is 6.10 Å². The van der Waals surface area contributed by atoms with Gasteiger partial charge in [-0.2, -0.15) is 0 Å². The minimum absolute atomic E-state index is 0.00220. The number of aryl methyl sites for hydroxylation is 1. The van der Waals surface area contributed by atoms with Crippen molar-refractivity contribution in [1.82, 2.24) is 16.0 Å². The van der Waals surface area contributed by atoms with Gasteiger partial charge in [0.2, 0.25) is 23.6 Å². The van der Waals surface area contributed by atoms with Crippen molar-refractivity contribution in [2.75, 3.05) is 18.5 Å². The van der Waals surface area contributed by atoms with Crippen LogP contribution in [0, 0.1) is 53.3 Å². The van der Waals surface area contributed by atoms with Crippen LogP contribution in [0.5, 0.6) is 5.75 Å². The van der Waals surface area contributed by atoms with Crippen LogP contribution >= 0.6 is 0 Å². The largest absolute Gasteiger partial charge is 0.514 e. The van der Waals surface area contributed by atoms with Crippen molar-refractivity contribution in [1.29, 1.82) is 0 Å². The van der Waals surface area contributed by atoms with Crippen LogP contribution in [-0.4, -0.2) is 61.1 Å². The van der Waals surface area contributed by atoms with Crippen molar-refractivity contribution in [2.24, 2.45) is 46.3 Å². The number of rotatable bonds is 21. The monoisotopic (exact) mass is 925 g/mol. The van der Waals surface area contributed by atoms with Crippen molar-refractivity contribution in [3.63, 3.8) is 0 Å². The molecule has 0 aromatic heterocycles. The third-order valence-electron chi connectivity index (χ3n) is 16.2. The summed E-state index contributed by atoms with van der Waals surface area (Å²) >= 11 is 0. The van der Waals surface area contributed by atoms with Crippen molar-refractivity contribution < 1.29 is 38.2 Å². The van der Waals surface area contributed by atoms with Gasteiger partial charge < -0.3 is 35.5 Å². The van der Waals surface area contributed by atoms with E-state index in [-0.39, 0.29) is 31.5 Å². The van der Waals surface area contributed by atoms with Gasteiger partial charge in [0.15, 0.2) is 0 Å². The second kappa shape index (κ2) is 23.5. The molecular formula is C55H80N4O8. The standard InChI is InChI=1S/C55H80N4O8/c1-35(2)11-9-12-37(4)46-23-24-47-45-22-17-41-33-44(27-29-54(41,7)48(45)28-30-55(46,47)8)65-32-10-31-56-49(60)25-26-50(61)57-38(5)51(62)58-39(6)52(63)59-42-18-15-40(16-19-42)34-66-53(64)67-43-20-13-36(3)14-21-43/h13-21,35,37-39,44-48H,9-12,22-34H2,1-8H3,(H,56,60)(H,57,61)(H,58,62)(H,59,63)/t37-,38+,39+,44+,45?,46-,47+,48+,54+,55-/m1/s1. The summed E-state index contributed by atoms with van der Waals surface area (Å²) in [7, 11) is 0. The van der Waals surface area contributed by atoms with E-state index in [1.165, 1.54) is 71.6 Å². The van der Waals surface area contributed by atoms with E-state index in [0.717, 1.165) is 53.9 Å². The molecule has 0 bridgehead atoms. The highest BCUT2D eigenvalue weighted by Crippen LogP contribution is 2.67. The molecule has 2 aromatic rings. The van der Waals surface area contributed by atoms with Gasteiger partial charge in [0.1, 0.15) is 24.4 Å². The molecule has 0 radical (unpaired) electrons. The predicted molar refractivity (Wildman–Crippen MR) is 262 cm³/mol. The summed E-state index contributed by atoms with van der Waals surface area (Å²) in [6.45, 7) is 18.5. The summed E-state index contributed by atoms with van der Waals surface area (Å²) < 4.78 is 16.7. The zero-order valence-electron chi connectivity index (χ0n) is 41.7. The van der Waals surface area contributed by atoms with E-state index in [9.17, 15) is 24.0 Å². The maximum absolute atomic E-state index is 12.8. The van der Waals surface area contributed by atoms with Gasteiger partial charge in [-0.3, -0.25) is 19.2 Å². The van der Waals surface area contributed by atoms with Crippen LogP contribution < -0.4 is 26.0 Å². The highest BCUT2D eigenvalue weighted by Gasteiger charge is 2.59. The second-order valence-electron chi connectivity index (χ2n) is 21.4. The first-order valence-corrected chi connectivity index (χ1v) is 25.4. The molecule has 6 rings (SSSR count). The third kappa shape index (κ3) is 13.7. The van der Waals surface area contributed by atoms with Crippen molar-refractivity contribution >= 4 is 35.5 Å². The molecule has 12 heteroatoms. The van der Waals surface area contributed by atoms with E-state index in [1.54, 1.807) is 42.0 Å². The Hall–Kier alpha value is -4.71. The van der Waals surface area contributed by atoms with Crippen LogP contribution in [0.25, 0.3) is 0 Å². The molecule has 12 nitrogen and oxygen atoms in total. The molecule has 10 atom stereocenters. The van der Waals surface area contributed by atoms with Crippen LogP contribution in [-0.2, 0) is 35.3 Å². The molecule has 368 valence electrons. The maximum atomic E-state index is 12.8. The fraction of sp³-hybridized carbons (Fsp3) is 0.655. The predicted octanol–water partition coefficient (Wildman–Crippen LogP) is 10.4. The molecule has 4 aliphatic carbocycles. The summed E-state index contributed by atoms with van der Waals surface area (Å²) in [6.07, 6.45) is 16.9. The molecule has 0 heterocycles. The zero-order valence-corrected chi connectivity index (χ0v) is 41.7. The molecule has 3 fully saturated rings. The molecule has 67 heavy (non-hydrogen) atoms. The van der Waals surface area contributed by atoms with E-state index in [0.29, 0.717) is 47.4 Å². The normalized spacial score (nSPS) is 26.6. The first kappa shape index (κ1) is 51.7. The van der Waals surface area contributed by atoms with Gasteiger partial charge in [-0.25, -0.2) is 4.79 Å². The van der Waals surface area contributed by atoms with E-state index in [4.69, 9.17) is 14.2 Å². The lowest BCUT2D eigenvalue weighted by atomic mass is 9.47. The smallest absolute Gasteiger partial charge is 0.429 e. The maximum Gasteiger partial charge on any atom is 0.514 e. The Morgan fingerprint density at radius 3 is 2.21 bits per heavy atom. The van der Waals surface area contributed by atoms with Crippen molar-refractivity contribution in [2.45, 2.75) is 170 Å². The number of carbonyl (C=O) groups is 5. The number of amides is 4. The van der Waals surface area contributed by atoms with E-state index in [2.05, 4.69) is 62.0 Å². The molecule has 4 N–H and O–H groups in total. The van der Waals surface area contributed by atoms with Gasteiger partial charge in [-0.1, -0.05) is 95.4 Å². The Morgan fingerprint density at radius 1 is 0.761 bits per heavy atom. The molecule has 2 aromatic carbocycles. The molecule has 1 unspecified atom stereocenters. The Morgan fingerprint density at radius 2 is 1.48 bits per heavy atom. The number of allylic oxidation sites excluding steroid dienone is 1. The molecule has 4 aliphatic rings. The molecule has 0 spiro atoms. The fourth-order valence-corrected chi connectivity index (χ4v) is 12.3. The number of carbonyl (C=O) groups excluding carboxylic acids is 5. The summed E-state index contributed by atoms with van der Waals surface area (Å²) in [4.78, 5) is 62.8. The van der Waals surface area contributed by atoms with Gasteiger partial charge in [-0.15, -0.1) is 0 Å². The quantitative estimate of drug-likeness (QED) is 0.0416. The summed E-state index contributed by atoms with van der Waals surface area (Å²) in [5.74, 6) is 3.72. The minimum atomic E-state index is -0.917. The van der Waals surface area contributed by atoms with Crippen LogP contribution in [0.1, 0.15) is 149 Å². The van der Waals surface area contributed by atoms with Crippen molar-refractivity contribution in [3.8, 4) is 5.75 Å². The van der Waals surface area contributed by atoms with Crippen LogP contribution in [0.3, 0.4) is 0 Å². The Bertz CT molecular complexity index is 2040. The molecule has 0 aliphatic heterocycles. The Kier molecular flexibility index (Phi) is 18.2. The van der Waals surface area contributed by atoms with Crippen molar-refractivity contribution in [3.05, 3.63) is 71.3 Å². The van der Waals surface area contributed by atoms with Gasteiger partial charge in [0, 0.05) is 31.7 Å². The number of benzene rings is 2. The van der Waals surface area contributed by atoms with E-state index < -0.39 is 36.0 Å². The van der Waals surface area contributed by atoms with Gasteiger partial charge >= 0.3 is 6.16 Å². The van der Waals surface area contributed by atoms with Gasteiger partial charge in [0.25, 0.3) is 0 Å². The highest BCUT2D eigenvalue weighted by molar-refractivity contribution is 5.98. The summed E-state index contributed by atoms with van der Waals surface area (Å²) in [5.41, 5.74) is 4.63. The summed E-state index contributed by atoms with van der Waals surface area (Å²) in [5, 5.41) is 10.9. The topological polar surface area (TPSA) is 161 Å².